The van der Waals surface area contributed by atoms with Crippen LogP contribution in [0.4, 0.5) is 0 Å². The number of amides is 2. The van der Waals surface area contributed by atoms with Gasteiger partial charge in [0.1, 0.15) is 0 Å². The molecule has 3 rings (SSSR count). The number of rotatable bonds is 7. The highest BCUT2D eigenvalue weighted by atomic mass is 16.2. The summed E-state index contributed by atoms with van der Waals surface area (Å²) >= 11 is 0. The van der Waals surface area contributed by atoms with E-state index >= 15 is 0 Å². The molecule has 168 valence electrons. The topological polar surface area (TPSA) is 85.5 Å². The minimum absolute atomic E-state index is 0.0144. The molecule has 0 atom stereocenters. The average Bonchev–Trinajstić information content (AvgIpc) is 3.06. The molecule has 31 heavy (non-hydrogen) atoms. The fourth-order valence-electron chi connectivity index (χ4n) is 4.55. The Morgan fingerprint density at radius 2 is 1.81 bits per heavy atom. The van der Waals surface area contributed by atoms with Gasteiger partial charge in [0.05, 0.1) is 5.56 Å². The Labute approximate surface area is 184 Å². The quantitative estimate of drug-likeness (QED) is 0.526. The van der Waals surface area contributed by atoms with Crippen LogP contribution in [0, 0.1) is 18.3 Å². The Morgan fingerprint density at radius 1 is 1.16 bits per heavy atom. The number of nitrogens with one attached hydrogen (secondary N) is 2. The summed E-state index contributed by atoms with van der Waals surface area (Å²) in [5.74, 6) is -1.05. The molecule has 2 N–H and O–H groups in total. The summed E-state index contributed by atoms with van der Waals surface area (Å²) in [6.45, 7) is 8.42. The van der Waals surface area contributed by atoms with Gasteiger partial charge in [-0.25, -0.2) is 0 Å². The van der Waals surface area contributed by atoms with E-state index in [4.69, 9.17) is 0 Å². The lowest BCUT2D eigenvalue weighted by Crippen LogP contribution is -2.47. The lowest BCUT2D eigenvalue weighted by Gasteiger charge is -2.32. The van der Waals surface area contributed by atoms with Gasteiger partial charge in [-0.15, -0.1) is 0 Å². The maximum absolute atomic E-state index is 13.0. The molecule has 1 saturated heterocycles. The van der Waals surface area contributed by atoms with E-state index in [1.165, 1.54) is 0 Å². The molecule has 0 unspecified atom stereocenters. The van der Waals surface area contributed by atoms with Crippen molar-refractivity contribution in [2.75, 3.05) is 40.3 Å². The van der Waals surface area contributed by atoms with Crippen LogP contribution >= 0.6 is 0 Å². The summed E-state index contributed by atoms with van der Waals surface area (Å²) < 4.78 is 0. The molecule has 1 aromatic carbocycles. The average molecular weight is 427 g/mol. The van der Waals surface area contributed by atoms with Crippen molar-refractivity contribution in [2.45, 2.75) is 33.6 Å². The van der Waals surface area contributed by atoms with Crippen molar-refractivity contribution >= 4 is 28.5 Å². The Balaban J connectivity index is 1.56. The van der Waals surface area contributed by atoms with Crippen LogP contribution in [0.25, 0.3) is 10.9 Å². The normalized spacial score (nSPS) is 15.5. The van der Waals surface area contributed by atoms with Gasteiger partial charge in [0.15, 0.2) is 0 Å². The van der Waals surface area contributed by atoms with Gasteiger partial charge in [0.25, 0.3) is 11.7 Å². The van der Waals surface area contributed by atoms with Crippen molar-refractivity contribution in [1.29, 1.82) is 0 Å². The van der Waals surface area contributed by atoms with E-state index < -0.39 is 11.7 Å². The summed E-state index contributed by atoms with van der Waals surface area (Å²) in [6, 6.07) is 7.51. The van der Waals surface area contributed by atoms with Crippen LogP contribution in [-0.4, -0.2) is 72.7 Å². The van der Waals surface area contributed by atoms with Crippen molar-refractivity contribution < 1.29 is 14.4 Å². The number of H-pyrrole nitrogens is 1. The number of ketones is 1. The van der Waals surface area contributed by atoms with Crippen molar-refractivity contribution in [3.63, 3.8) is 0 Å². The zero-order valence-electron chi connectivity index (χ0n) is 19.2. The van der Waals surface area contributed by atoms with E-state index in [0.717, 1.165) is 17.4 Å². The molecule has 2 heterocycles. The maximum Gasteiger partial charge on any atom is 0.295 e. The Hall–Kier alpha value is -2.67. The second-order valence-electron chi connectivity index (χ2n) is 9.69. The van der Waals surface area contributed by atoms with Crippen LogP contribution in [-0.2, 0) is 9.59 Å². The lowest BCUT2D eigenvalue weighted by molar-refractivity contribution is -0.132. The first-order valence-corrected chi connectivity index (χ1v) is 10.9. The largest absolute Gasteiger partial charge is 0.358 e. The van der Waals surface area contributed by atoms with Crippen molar-refractivity contribution in [3.8, 4) is 0 Å². The summed E-state index contributed by atoms with van der Waals surface area (Å²) in [7, 11) is 4.05. The lowest BCUT2D eigenvalue weighted by atomic mass is 9.91. The molecule has 7 nitrogen and oxygen atoms in total. The fourth-order valence-corrected chi connectivity index (χ4v) is 4.55. The van der Waals surface area contributed by atoms with Gasteiger partial charge in [-0.1, -0.05) is 32.0 Å². The van der Waals surface area contributed by atoms with E-state index in [0.29, 0.717) is 43.7 Å². The van der Waals surface area contributed by atoms with Gasteiger partial charge in [-0.2, -0.15) is 0 Å². The SMILES string of the molecule is Cc1[nH]c2ccccc2c1C(=O)C(=O)N1CCC(C(=O)NCC(C)(C)CN(C)C)CC1. The van der Waals surface area contributed by atoms with Gasteiger partial charge >= 0.3 is 0 Å². The fraction of sp³-hybridized carbons (Fsp3) is 0.542. The number of likely N-dealkylation sites (tertiary alicyclic amines) is 1. The molecule has 0 radical (unpaired) electrons. The number of aromatic amines is 1. The summed E-state index contributed by atoms with van der Waals surface area (Å²) in [4.78, 5) is 45.3. The predicted molar refractivity (Wildman–Crippen MR) is 122 cm³/mol. The summed E-state index contributed by atoms with van der Waals surface area (Å²) in [5, 5.41) is 3.85. The van der Waals surface area contributed by atoms with Crippen molar-refractivity contribution in [2.24, 2.45) is 11.3 Å². The molecule has 2 amide bonds. The Kier molecular flexibility index (Phi) is 6.84. The number of fused-ring (bicyclic) bond motifs is 1. The molecule has 7 heteroatoms. The van der Waals surface area contributed by atoms with Crippen LogP contribution in [0.5, 0.6) is 0 Å². The number of piperidine rings is 1. The molecular formula is C24H34N4O3. The molecule has 0 aliphatic carbocycles. The van der Waals surface area contributed by atoms with Gasteiger partial charge in [-0.05, 0) is 45.3 Å². The highest BCUT2D eigenvalue weighted by Gasteiger charge is 2.32. The Morgan fingerprint density at radius 3 is 2.45 bits per heavy atom. The third kappa shape index (κ3) is 5.34. The van der Waals surface area contributed by atoms with Crippen molar-refractivity contribution in [3.05, 3.63) is 35.5 Å². The van der Waals surface area contributed by atoms with Gasteiger partial charge in [0, 0.05) is 48.7 Å². The van der Waals surface area contributed by atoms with E-state index in [-0.39, 0.29) is 17.2 Å². The predicted octanol–water partition coefficient (Wildman–Crippen LogP) is 2.60. The molecule has 0 bridgehead atoms. The zero-order chi connectivity index (χ0) is 22.8. The molecule has 0 saturated carbocycles. The summed E-state index contributed by atoms with van der Waals surface area (Å²) in [5.41, 5.74) is 1.99. The monoisotopic (exact) mass is 426 g/mol. The first-order valence-electron chi connectivity index (χ1n) is 10.9. The van der Waals surface area contributed by atoms with Gasteiger partial charge in [-0.3, -0.25) is 14.4 Å². The molecule has 0 spiro atoms. The Bertz CT molecular complexity index is 968. The molecule has 1 fully saturated rings. The molecule has 2 aromatic rings. The highest BCUT2D eigenvalue weighted by Crippen LogP contribution is 2.24. The first-order chi connectivity index (χ1) is 14.6. The molecule has 1 aromatic heterocycles. The van der Waals surface area contributed by atoms with Crippen LogP contribution in [0.3, 0.4) is 0 Å². The van der Waals surface area contributed by atoms with Crippen LogP contribution in [0.1, 0.15) is 42.7 Å². The second-order valence-corrected chi connectivity index (χ2v) is 9.69. The number of aryl methyl sites for hydroxylation is 1. The standard InChI is InChI=1S/C24H34N4O3/c1-16-20(18-8-6-7-9-19(18)26-16)21(29)23(31)28-12-10-17(11-13-28)22(30)25-14-24(2,3)15-27(4)5/h6-9,17,26H,10-15H2,1-5H3,(H,25,30). The number of aromatic nitrogens is 1. The zero-order valence-corrected chi connectivity index (χ0v) is 19.2. The van der Waals surface area contributed by atoms with Gasteiger partial charge in [0.2, 0.25) is 5.91 Å². The number of carbonyl (C=O) groups is 3. The number of carbonyl (C=O) groups excluding carboxylic acids is 3. The van der Waals surface area contributed by atoms with E-state index in [2.05, 4.69) is 29.0 Å². The maximum atomic E-state index is 13.0. The summed E-state index contributed by atoms with van der Waals surface area (Å²) in [6.07, 6.45) is 1.15. The molecule has 1 aliphatic heterocycles. The van der Waals surface area contributed by atoms with E-state index in [1.807, 2.05) is 45.3 Å². The number of benzene rings is 1. The third-order valence-electron chi connectivity index (χ3n) is 5.95. The van der Waals surface area contributed by atoms with E-state index in [9.17, 15) is 14.4 Å². The third-order valence-corrected chi connectivity index (χ3v) is 5.95. The number of para-hydroxylation sites is 1. The van der Waals surface area contributed by atoms with E-state index in [1.54, 1.807) is 4.90 Å². The number of nitrogens with zero attached hydrogens (tertiary/aromatic N) is 2. The molecular weight excluding hydrogens is 392 g/mol. The minimum Gasteiger partial charge on any atom is -0.358 e. The second kappa shape index (κ2) is 9.22. The number of hydrogen-bond donors (Lipinski definition) is 2. The number of hydrogen-bond acceptors (Lipinski definition) is 4. The molecule has 1 aliphatic rings. The van der Waals surface area contributed by atoms with Crippen LogP contribution in [0.2, 0.25) is 0 Å². The van der Waals surface area contributed by atoms with Crippen LogP contribution < -0.4 is 5.32 Å². The van der Waals surface area contributed by atoms with Crippen LogP contribution in [0.15, 0.2) is 24.3 Å². The number of Topliss-reactive ketones (excluding diaryl/α,β-unsaturated/α-hetero) is 1. The smallest absolute Gasteiger partial charge is 0.295 e. The van der Waals surface area contributed by atoms with Crippen molar-refractivity contribution in [1.82, 2.24) is 20.1 Å². The van der Waals surface area contributed by atoms with Gasteiger partial charge < -0.3 is 20.1 Å². The first kappa shape index (κ1) is 23.0. The highest BCUT2D eigenvalue weighted by molar-refractivity contribution is 6.45. The minimum atomic E-state index is -0.487.